The third kappa shape index (κ3) is 3.77. The van der Waals surface area contributed by atoms with Gasteiger partial charge in [-0.2, -0.15) is 0 Å². The second kappa shape index (κ2) is 7.95. The average molecular weight is 390 g/mol. The van der Waals surface area contributed by atoms with Crippen LogP contribution in [0.2, 0.25) is 0 Å². The Kier molecular flexibility index (Phi) is 5.02. The maximum absolute atomic E-state index is 12.5. The third-order valence-electron chi connectivity index (χ3n) is 6.19. The van der Waals surface area contributed by atoms with Crippen LogP contribution in [0, 0.1) is 0 Å². The smallest absolute Gasteiger partial charge is 0.292 e. The maximum atomic E-state index is 12.5. The number of pyridine rings is 1. The van der Waals surface area contributed by atoms with Crippen LogP contribution in [0.3, 0.4) is 0 Å². The van der Waals surface area contributed by atoms with Crippen molar-refractivity contribution in [3.63, 3.8) is 0 Å². The van der Waals surface area contributed by atoms with Crippen molar-refractivity contribution in [3.05, 3.63) is 59.6 Å². The number of aromatic nitrogens is 2. The van der Waals surface area contributed by atoms with Crippen molar-refractivity contribution in [3.8, 4) is 0 Å². The van der Waals surface area contributed by atoms with Crippen LogP contribution in [0.25, 0.3) is 10.9 Å². The molecule has 2 aromatic heterocycles. The topological polar surface area (TPSA) is 62.5 Å². The molecule has 0 spiro atoms. The molecule has 2 aliphatic rings. The fraction of sp³-hybridized carbons (Fsp3) is 0.435. The van der Waals surface area contributed by atoms with Gasteiger partial charge >= 0.3 is 0 Å². The molecule has 0 aliphatic carbocycles. The second-order valence-electron chi connectivity index (χ2n) is 8.18. The first-order valence-electron chi connectivity index (χ1n) is 10.6. The summed E-state index contributed by atoms with van der Waals surface area (Å²) in [7, 11) is 0. The molecular formula is C23H26N4O2. The molecule has 5 rings (SSSR count). The molecule has 2 fully saturated rings. The molecule has 1 atom stereocenters. The number of amides is 1. The number of hydrogen-bond acceptors (Lipinski definition) is 5. The lowest BCUT2D eigenvalue weighted by Crippen LogP contribution is -2.34. The summed E-state index contributed by atoms with van der Waals surface area (Å²) in [6, 6.07) is 12.3. The Morgan fingerprint density at radius 1 is 1.10 bits per heavy atom. The van der Waals surface area contributed by atoms with Gasteiger partial charge in [0.15, 0.2) is 0 Å². The van der Waals surface area contributed by atoms with E-state index in [-0.39, 0.29) is 5.91 Å². The first-order chi connectivity index (χ1) is 14.3. The van der Waals surface area contributed by atoms with E-state index in [0.717, 1.165) is 69.6 Å². The Labute approximate surface area is 170 Å². The van der Waals surface area contributed by atoms with Gasteiger partial charge in [0.25, 0.3) is 5.91 Å². The molecule has 0 bridgehead atoms. The van der Waals surface area contributed by atoms with E-state index in [4.69, 9.17) is 4.52 Å². The number of carbonyl (C=O) groups is 1. The number of benzene rings is 1. The Morgan fingerprint density at radius 3 is 2.86 bits per heavy atom. The molecule has 6 heteroatoms. The van der Waals surface area contributed by atoms with Crippen LogP contribution >= 0.6 is 0 Å². The van der Waals surface area contributed by atoms with Crippen LogP contribution in [0.15, 0.2) is 47.1 Å². The summed E-state index contributed by atoms with van der Waals surface area (Å²) in [5, 5.41) is 5.48. The highest BCUT2D eigenvalue weighted by Crippen LogP contribution is 2.29. The van der Waals surface area contributed by atoms with E-state index in [1.807, 2.05) is 23.2 Å². The largest absolute Gasteiger partial charge is 0.351 e. The number of para-hydroxylation sites is 1. The molecule has 1 amide bonds. The first-order valence-corrected chi connectivity index (χ1v) is 10.6. The number of rotatable bonds is 4. The third-order valence-corrected chi connectivity index (χ3v) is 6.19. The summed E-state index contributed by atoms with van der Waals surface area (Å²) in [4.78, 5) is 21.4. The Bertz CT molecular complexity index is 1000. The molecule has 150 valence electrons. The first kappa shape index (κ1) is 18.3. The number of nitrogens with zero attached hydrogens (tertiary/aromatic N) is 4. The summed E-state index contributed by atoms with van der Waals surface area (Å²) in [6.45, 7) is 4.56. The molecule has 2 saturated heterocycles. The van der Waals surface area contributed by atoms with Gasteiger partial charge in [0.1, 0.15) is 0 Å². The molecule has 1 aromatic carbocycles. The highest BCUT2D eigenvalue weighted by Gasteiger charge is 2.28. The van der Waals surface area contributed by atoms with Crippen LogP contribution in [-0.4, -0.2) is 52.0 Å². The average Bonchev–Trinajstić information content (AvgIpc) is 3.46. The minimum Gasteiger partial charge on any atom is -0.351 e. The van der Waals surface area contributed by atoms with E-state index in [9.17, 15) is 4.79 Å². The highest BCUT2D eigenvalue weighted by atomic mass is 16.5. The zero-order valence-corrected chi connectivity index (χ0v) is 16.6. The van der Waals surface area contributed by atoms with Gasteiger partial charge in [-0.3, -0.25) is 14.7 Å². The van der Waals surface area contributed by atoms with Gasteiger partial charge in [-0.15, -0.1) is 0 Å². The molecule has 0 unspecified atom stereocenters. The van der Waals surface area contributed by atoms with Gasteiger partial charge < -0.3 is 9.42 Å². The van der Waals surface area contributed by atoms with E-state index < -0.39 is 0 Å². The van der Waals surface area contributed by atoms with Crippen LogP contribution in [0.5, 0.6) is 0 Å². The fourth-order valence-electron chi connectivity index (χ4n) is 4.63. The minimum atomic E-state index is -0.0165. The zero-order valence-electron chi connectivity index (χ0n) is 16.6. The highest BCUT2D eigenvalue weighted by molar-refractivity contribution is 5.91. The van der Waals surface area contributed by atoms with Crippen LogP contribution < -0.4 is 0 Å². The lowest BCUT2D eigenvalue weighted by atomic mass is 9.94. The maximum Gasteiger partial charge on any atom is 0.292 e. The predicted octanol–water partition coefficient (Wildman–Crippen LogP) is 3.84. The Morgan fingerprint density at radius 2 is 1.97 bits per heavy atom. The van der Waals surface area contributed by atoms with Gasteiger partial charge in [0.05, 0.1) is 11.2 Å². The van der Waals surface area contributed by atoms with Crippen molar-refractivity contribution in [2.45, 2.75) is 38.1 Å². The van der Waals surface area contributed by atoms with E-state index in [0.29, 0.717) is 11.7 Å². The van der Waals surface area contributed by atoms with E-state index in [1.54, 1.807) is 0 Å². The van der Waals surface area contributed by atoms with Crippen LogP contribution in [-0.2, 0) is 6.54 Å². The molecule has 6 nitrogen and oxygen atoms in total. The van der Waals surface area contributed by atoms with Crippen molar-refractivity contribution in [2.24, 2.45) is 0 Å². The number of fused-ring (bicyclic) bond motifs is 1. The number of likely N-dealkylation sites (tertiary alicyclic amines) is 2. The molecule has 29 heavy (non-hydrogen) atoms. The zero-order chi connectivity index (χ0) is 19.6. The molecule has 3 aromatic rings. The number of piperidine rings is 1. The molecule has 0 radical (unpaired) electrons. The van der Waals surface area contributed by atoms with Gasteiger partial charge in [-0.1, -0.05) is 23.4 Å². The Hall–Kier alpha value is -2.73. The lowest BCUT2D eigenvalue weighted by molar-refractivity contribution is 0.0751. The van der Waals surface area contributed by atoms with E-state index in [1.165, 1.54) is 10.9 Å². The predicted molar refractivity (Wildman–Crippen MR) is 111 cm³/mol. The van der Waals surface area contributed by atoms with Gasteiger partial charge in [-0.25, -0.2) is 0 Å². The molecule has 2 aliphatic heterocycles. The summed E-state index contributed by atoms with van der Waals surface area (Å²) >= 11 is 0. The molecular weight excluding hydrogens is 364 g/mol. The van der Waals surface area contributed by atoms with Crippen molar-refractivity contribution in [1.29, 1.82) is 0 Å². The quantitative estimate of drug-likeness (QED) is 0.677. The second-order valence-corrected chi connectivity index (χ2v) is 8.18. The summed E-state index contributed by atoms with van der Waals surface area (Å²) in [6.07, 6.45) is 6.25. The van der Waals surface area contributed by atoms with Crippen LogP contribution in [0.4, 0.5) is 0 Å². The van der Waals surface area contributed by atoms with Crippen molar-refractivity contribution in [1.82, 2.24) is 19.9 Å². The summed E-state index contributed by atoms with van der Waals surface area (Å²) < 4.78 is 5.44. The van der Waals surface area contributed by atoms with Gasteiger partial charge in [-0.05, 0) is 49.9 Å². The van der Waals surface area contributed by atoms with Crippen molar-refractivity contribution < 1.29 is 9.32 Å². The minimum absolute atomic E-state index is 0.0165. The van der Waals surface area contributed by atoms with Gasteiger partial charge in [0.2, 0.25) is 5.76 Å². The lowest BCUT2D eigenvalue weighted by Gasteiger charge is -2.32. The SMILES string of the molecule is O=C(c1cc([C@@H]2CCCN(Cc3ccnc4ccccc34)C2)no1)N1CCCC1. The molecule has 4 heterocycles. The van der Waals surface area contributed by atoms with Crippen molar-refractivity contribution in [2.75, 3.05) is 26.2 Å². The summed E-state index contributed by atoms with van der Waals surface area (Å²) in [5.74, 6) is 0.678. The fourth-order valence-corrected chi connectivity index (χ4v) is 4.63. The Balaban J connectivity index is 1.29. The normalized spacial score (nSPS) is 20.4. The van der Waals surface area contributed by atoms with Crippen LogP contribution in [0.1, 0.15) is 53.4 Å². The molecule has 0 saturated carbocycles. The van der Waals surface area contributed by atoms with Crippen molar-refractivity contribution >= 4 is 16.8 Å². The molecule has 0 N–H and O–H groups in total. The monoisotopic (exact) mass is 390 g/mol. The van der Waals surface area contributed by atoms with Gasteiger partial charge in [0, 0.05) is 49.7 Å². The van der Waals surface area contributed by atoms with E-state index in [2.05, 4.69) is 39.3 Å². The summed E-state index contributed by atoms with van der Waals surface area (Å²) in [5.41, 5.74) is 3.26. The standard InChI is InChI=1S/C23H26N4O2/c28-23(27-12-3-4-13-27)22-14-21(25-29-22)18-6-5-11-26(16-18)15-17-9-10-24-20-8-2-1-7-19(17)20/h1-2,7-10,14,18H,3-6,11-13,15-16H2/t18-/m1/s1. The number of carbonyl (C=O) groups excluding carboxylic acids is 1. The number of hydrogen-bond donors (Lipinski definition) is 0. The van der Waals surface area contributed by atoms with E-state index >= 15 is 0 Å².